The Balaban J connectivity index is 1.63. The number of nitrogens with zero attached hydrogens (tertiary/aromatic N) is 1. The summed E-state index contributed by atoms with van der Waals surface area (Å²) < 4.78 is 55.8. The van der Waals surface area contributed by atoms with Gasteiger partial charge < -0.3 is 10.2 Å². The summed E-state index contributed by atoms with van der Waals surface area (Å²) in [6.07, 6.45) is 0. The quantitative estimate of drug-likeness (QED) is 0.423. The van der Waals surface area contributed by atoms with Crippen LogP contribution in [0.1, 0.15) is 40.9 Å². The molecular weight excluding hydrogens is 516 g/mol. The molecule has 34 heavy (non-hydrogen) atoms. The summed E-state index contributed by atoms with van der Waals surface area (Å²) in [6, 6.07) is 10.2. The van der Waals surface area contributed by atoms with Crippen LogP contribution in [0.5, 0.6) is 0 Å². The minimum Gasteiger partial charge on any atom is -0.348 e. The Labute approximate surface area is 201 Å². The van der Waals surface area contributed by atoms with Gasteiger partial charge in [0.2, 0.25) is 5.91 Å². The van der Waals surface area contributed by atoms with Gasteiger partial charge >= 0.3 is 0 Å². The smallest absolute Gasteiger partial charge is 0.251 e. The van der Waals surface area contributed by atoms with E-state index in [1.165, 1.54) is 23.1 Å². The van der Waals surface area contributed by atoms with Crippen molar-refractivity contribution < 1.29 is 27.2 Å². The molecule has 0 radical (unpaired) electrons. The normalized spacial score (nSPS) is 14.3. The summed E-state index contributed by atoms with van der Waals surface area (Å²) in [6.45, 7) is 2.93. The van der Waals surface area contributed by atoms with Gasteiger partial charge in [0.15, 0.2) is 0 Å². The summed E-state index contributed by atoms with van der Waals surface area (Å²) >= 11 is 3.31. The summed E-state index contributed by atoms with van der Waals surface area (Å²) in [5, 5.41) is 2.41. The highest BCUT2D eigenvalue weighted by Crippen LogP contribution is 2.43. The van der Waals surface area contributed by atoms with Gasteiger partial charge in [0.05, 0.1) is 12.0 Å². The van der Waals surface area contributed by atoms with Crippen molar-refractivity contribution in [2.24, 2.45) is 0 Å². The van der Waals surface area contributed by atoms with Gasteiger partial charge in [-0.3, -0.25) is 9.59 Å². The summed E-state index contributed by atoms with van der Waals surface area (Å²) in [5.74, 6) is -4.66. The average molecular weight is 535 g/mol. The number of carbonyl (C=O) groups is 2. The summed E-state index contributed by atoms with van der Waals surface area (Å²) in [5.41, 5.74) is 0.163. The van der Waals surface area contributed by atoms with E-state index in [0.29, 0.717) is 27.9 Å². The van der Waals surface area contributed by atoms with Crippen LogP contribution >= 0.6 is 15.9 Å². The van der Waals surface area contributed by atoms with Crippen molar-refractivity contribution in [3.63, 3.8) is 0 Å². The largest absolute Gasteiger partial charge is 0.348 e. The van der Waals surface area contributed by atoms with Crippen LogP contribution < -0.4 is 10.2 Å². The number of fused-ring (bicyclic) bond motifs is 1. The highest BCUT2D eigenvalue weighted by atomic mass is 79.9. The molecule has 0 spiro atoms. The monoisotopic (exact) mass is 534 g/mol. The molecule has 0 unspecified atom stereocenters. The first-order valence-electron chi connectivity index (χ1n) is 10.3. The van der Waals surface area contributed by atoms with E-state index in [-0.39, 0.29) is 23.6 Å². The molecule has 0 atom stereocenters. The molecule has 3 aromatic rings. The van der Waals surface area contributed by atoms with Gasteiger partial charge in [-0.05, 0) is 43.7 Å². The van der Waals surface area contributed by atoms with Gasteiger partial charge in [-0.25, -0.2) is 17.6 Å². The van der Waals surface area contributed by atoms with Crippen LogP contribution in [0.2, 0.25) is 0 Å². The van der Waals surface area contributed by atoms with E-state index in [1.807, 2.05) is 0 Å². The zero-order valence-electron chi connectivity index (χ0n) is 18.2. The van der Waals surface area contributed by atoms with E-state index in [4.69, 9.17) is 0 Å². The number of hydrogen-bond acceptors (Lipinski definition) is 2. The van der Waals surface area contributed by atoms with Crippen molar-refractivity contribution in [1.29, 1.82) is 0 Å². The Morgan fingerprint density at radius 2 is 1.65 bits per heavy atom. The zero-order valence-corrected chi connectivity index (χ0v) is 19.8. The van der Waals surface area contributed by atoms with Gasteiger partial charge in [-0.2, -0.15) is 0 Å². The Hall–Kier alpha value is -3.20. The third-order valence-electron chi connectivity index (χ3n) is 5.91. The number of hydrogen-bond donors (Lipinski definition) is 1. The molecule has 4 nitrogen and oxygen atoms in total. The molecule has 1 aliphatic rings. The fourth-order valence-corrected chi connectivity index (χ4v) is 4.46. The van der Waals surface area contributed by atoms with Crippen LogP contribution in [0.3, 0.4) is 0 Å². The van der Waals surface area contributed by atoms with Crippen LogP contribution in [-0.4, -0.2) is 11.8 Å². The number of nitrogens with one attached hydrogen (secondary N) is 1. The van der Waals surface area contributed by atoms with Gasteiger partial charge in [0.25, 0.3) is 5.91 Å². The molecule has 4 rings (SSSR count). The van der Waals surface area contributed by atoms with Gasteiger partial charge in [0.1, 0.15) is 23.3 Å². The Kier molecular flexibility index (Phi) is 6.24. The first-order chi connectivity index (χ1) is 16.0. The second-order valence-corrected chi connectivity index (χ2v) is 9.33. The van der Waals surface area contributed by atoms with Crippen molar-refractivity contribution in [2.75, 3.05) is 4.90 Å². The van der Waals surface area contributed by atoms with Gasteiger partial charge in [0, 0.05) is 45.5 Å². The Morgan fingerprint density at radius 1 is 0.971 bits per heavy atom. The molecule has 1 aliphatic heterocycles. The second kappa shape index (κ2) is 8.87. The zero-order chi connectivity index (χ0) is 24.8. The van der Waals surface area contributed by atoms with Crippen LogP contribution in [0.4, 0.5) is 23.2 Å². The predicted octanol–water partition coefficient (Wildman–Crippen LogP) is 5.76. The number of carbonyl (C=O) groups excluding carboxylic acids is 2. The van der Waals surface area contributed by atoms with Crippen LogP contribution in [0.25, 0.3) is 0 Å². The SMILES string of the molecule is CC1(C)C(=O)N(Cc2c(F)cccc2Br)c2cc(C(=O)NCc3c(F)cc(F)cc3F)ccc21. The third kappa shape index (κ3) is 4.20. The summed E-state index contributed by atoms with van der Waals surface area (Å²) in [4.78, 5) is 27.3. The fourth-order valence-electron chi connectivity index (χ4n) is 4.00. The van der Waals surface area contributed by atoms with Crippen molar-refractivity contribution in [1.82, 2.24) is 5.32 Å². The van der Waals surface area contributed by atoms with Crippen LogP contribution in [0, 0.1) is 23.3 Å². The van der Waals surface area contributed by atoms with Crippen LogP contribution in [-0.2, 0) is 23.3 Å². The molecule has 1 heterocycles. The number of amides is 2. The van der Waals surface area contributed by atoms with E-state index >= 15 is 0 Å². The molecule has 3 aromatic carbocycles. The van der Waals surface area contributed by atoms with E-state index in [1.54, 1.807) is 32.0 Å². The Bertz CT molecular complexity index is 1280. The van der Waals surface area contributed by atoms with E-state index in [9.17, 15) is 27.2 Å². The van der Waals surface area contributed by atoms with Gasteiger partial charge in [-0.1, -0.05) is 28.1 Å². The van der Waals surface area contributed by atoms with Crippen molar-refractivity contribution in [3.05, 3.63) is 98.5 Å². The highest BCUT2D eigenvalue weighted by molar-refractivity contribution is 9.10. The Morgan fingerprint density at radius 3 is 2.29 bits per heavy atom. The maximum atomic E-state index is 14.4. The number of halogens is 5. The molecule has 1 N–H and O–H groups in total. The lowest BCUT2D eigenvalue weighted by atomic mass is 9.86. The van der Waals surface area contributed by atoms with Gasteiger partial charge in [-0.15, -0.1) is 0 Å². The maximum absolute atomic E-state index is 14.4. The lowest BCUT2D eigenvalue weighted by molar-refractivity contribution is -0.122. The molecular formula is C25H19BrF4N2O2. The molecule has 2 amide bonds. The second-order valence-electron chi connectivity index (χ2n) is 8.48. The van der Waals surface area contributed by atoms with Crippen LogP contribution in [0.15, 0.2) is 53.0 Å². The fraction of sp³-hybridized carbons (Fsp3) is 0.200. The van der Waals surface area contributed by atoms with E-state index in [0.717, 1.165) is 0 Å². The lowest BCUT2D eigenvalue weighted by Gasteiger charge is -2.21. The highest BCUT2D eigenvalue weighted by Gasteiger charge is 2.44. The molecule has 0 aromatic heterocycles. The summed E-state index contributed by atoms with van der Waals surface area (Å²) in [7, 11) is 0. The molecule has 0 saturated carbocycles. The molecule has 0 aliphatic carbocycles. The first-order valence-corrected chi connectivity index (χ1v) is 11.1. The molecule has 0 fully saturated rings. The molecule has 0 saturated heterocycles. The lowest BCUT2D eigenvalue weighted by Crippen LogP contribution is -2.36. The van der Waals surface area contributed by atoms with E-state index < -0.39 is 46.7 Å². The predicted molar refractivity (Wildman–Crippen MR) is 122 cm³/mol. The minimum absolute atomic E-state index is 0.0560. The average Bonchev–Trinajstić information content (AvgIpc) is 2.95. The minimum atomic E-state index is -1.11. The molecule has 176 valence electrons. The van der Waals surface area contributed by atoms with E-state index in [2.05, 4.69) is 21.2 Å². The van der Waals surface area contributed by atoms with Crippen molar-refractivity contribution in [3.8, 4) is 0 Å². The topological polar surface area (TPSA) is 49.4 Å². The van der Waals surface area contributed by atoms with Crippen molar-refractivity contribution in [2.45, 2.75) is 32.4 Å². The number of benzene rings is 3. The standard InChI is InChI=1S/C25H19BrF4N2O2/c1-25(2)17-7-6-13(23(33)31-11-15-20(29)9-14(27)10-21(15)30)8-22(17)32(24(25)34)12-16-18(26)4-3-5-19(16)28/h3-10H,11-12H2,1-2H3,(H,31,33). The first kappa shape index (κ1) is 23.9. The number of anilines is 1. The maximum Gasteiger partial charge on any atom is 0.251 e. The number of rotatable bonds is 5. The third-order valence-corrected chi connectivity index (χ3v) is 6.66. The molecule has 0 bridgehead atoms. The van der Waals surface area contributed by atoms with Crippen molar-refractivity contribution >= 4 is 33.4 Å². The molecule has 9 heteroatoms.